The fraction of sp³-hybridized carbons (Fsp3) is 0.444. The van der Waals surface area contributed by atoms with Gasteiger partial charge in [-0.15, -0.1) is 0 Å². The zero-order valence-electron chi connectivity index (χ0n) is 24.7. The molecule has 0 saturated heterocycles. The second-order valence-electron chi connectivity index (χ2n) is 10.5. The summed E-state index contributed by atoms with van der Waals surface area (Å²) in [6.07, 6.45) is 13.2. The topological polar surface area (TPSA) is 63.6 Å². The number of ether oxygens (including phenoxy) is 1. The zero-order chi connectivity index (χ0) is 29.0. The molecule has 1 unspecified atom stereocenters. The Morgan fingerprint density at radius 2 is 1.18 bits per heavy atom. The number of carbonyl (C=O) groups is 2. The van der Waals surface area contributed by atoms with E-state index in [0.29, 0.717) is 5.56 Å². The minimum atomic E-state index is -1.04. The summed E-state index contributed by atoms with van der Waals surface area (Å²) in [5.74, 6) is -0.239. The third kappa shape index (κ3) is 12.2. The van der Waals surface area contributed by atoms with Gasteiger partial charge in [-0.3, -0.25) is 4.79 Å². The van der Waals surface area contributed by atoms with Crippen molar-refractivity contribution in [3.05, 3.63) is 90.0 Å². The number of benzene rings is 3. The molecule has 4 nitrogen and oxygen atoms in total. The van der Waals surface area contributed by atoms with E-state index in [1.807, 2.05) is 13.0 Å². The van der Waals surface area contributed by atoms with Crippen LogP contribution in [0.25, 0.3) is 11.1 Å². The van der Waals surface area contributed by atoms with Crippen LogP contribution in [-0.2, 0) is 0 Å². The maximum Gasteiger partial charge on any atom is 0.336 e. The molecule has 0 bridgehead atoms. The van der Waals surface area contributed by atoms with Crippen molar-refractivity contribution in [1.29, 1.82) is 0 Å². The Bertz CT molecular complexity index is 1110. The molecule has 3 rings (SSSR count). The number of Topliss-reactive ketones (excluding diaryl/α,β-unsaturated/α-hetero) is 1. The molecule has 3 aromatic carbocycles. The highest BCUT2D eigenvalue weighted by Crippen LogP contribution is 2.22. The smallest absolute Gasteiger partial charge is 0.336 e. The van der Waals surface area contributed by atoms with Gasteiger partial charge in [0.2, 0.25) is 0 Å². The van der Waals surface area contributed by atoms with Crippen molar-refractivity contribution in [2.24, 2.45) is 5.92 Å². The van der Waals surface area contributed by atoms with Crippen molar-refractivity contribution in [3.63, 3.8) is 0 Å². The molecule has 0 radical (unpaired) electrons. The molecule has 0 aliphatic heterocycles. The summed E-state index contributed by atoms with van der Waals surface area (Å²) in [4.78, 5) is 23.4. The Labute approximate surface area is 241 Å². The Kier molecular flexibility index (Phi) is 16.1. The molecule has 0 saturated carbocycles. The van der Waals surface area contributed by atoms with E-state index in [1.165, 1.54) is 62.1 Å². The Morgan fingerprint density at radius 3 is 1.80 bits per heavy atom. The van der Waals surface area contributed by atoms with Gasteiger partial charge < -0.3 is 9.84 Å². The van der Waals surface area contributed by atoms with Crippen molar-refractivity contribution in [2.75, 3.05) is 6.61 Å². The Hall–Kier alpha value is -3.40. The molecular weight excluding hydrogens is 496 g/mol. The summed E-state index contributed by atoms with van der Waals surface area (Å²) in [6, 6.07) is 25.3. The van der Waals surface area contributed by atoms with E-state index in [9.17, 15) is 9.59 Å². The van der Waals surface area contributed by atoms with Gasteiger partial charge in [0.05, 0.1) is 12.2 Å². The third-order valence-corrected chi connectivity index (χ3v) is 7.09. The molecule has 1 N–H and O–H groups in total. The van der Waals surface area contributed by atoms with Gasteiger partial charge in [-0.1, -0.05) is 139 Å². The Morgan fingerprint density at radius 1 is 0.650 bits per heavy atom. The first-order valence-electron chi connectivity index (χ1n) is 15.1. The van der Waals surface area contributed by atoms with Gasteiger partial charge in [0.1, 0.15) is 5.75 Å². The van der Waals surface area contributed by atoms with Crippen LogP contribution in [0.1, 0.15) is 112 Å². The summed E-state index contributed by atoms with van der Waals surface area (Å²) >= 11 is 0. The molecule has 1 atom stereocenters. The number of ketones is 1. The first kappa shape index (κ1) is 32.8. The van der Waals surface area contributed by atoms with Crippen molar-refractivity contribution >= 4 is 11.8 Å². The van der Waals surface area contributed by atoms with Crippen LogP contribution in [0.4, 0.5) is 0 Å². The second kappa shape index (κ2) is 19.6. The highest BCUT2D eigenvalue weighted by molar-refractivity contribution is 6.06. The first-order chi connectivity index (χ1) is 19.5. The molecule has 0 aromatic heterocycles. The number of carbonyl (C=O) groups excluding carboxylic acids is 1. The summed E-state index contributed by atoms with van der Waals surface area (Å²) in [7, 11) is 0. The van der Waals surface area contributed by atoms with Gasteiger partial charge in [-0.05, 0) is 42.2 Å². The van der Waals surface area contributed by atoms with Crippen LogP contribution in [0.15, 0.2) is 78.9 Å². The number of hydrogen-bond donors (Lipinski definition) is 1. The minimum Gasteiger partial charge on any atom is -0.494 e. The lowest BCUT2D eigenvalue weighted by Gasteiger charge is -2.12. The highest BCUT2D eigenvalue weighted by Gasteiger charge is 2.20. The van der Waals surface area contributed by atoms with Gasteiger partial charge >= 0.3 is 5.97 Å². The average molecular weight is 545 g/mol. The van der Waals surface area contributed by atoms with Gasteiger partial charge in [0, 0.05) is 11.5 Å². The molecular formula is C36H48O4. The summed E-state index contributed by atoms with van der Waals surface area (Å²) in [5, 5.41) is 9.09. The molecule has 4 heteroatoms. The quantitative estimate of drug-likeness (QED) is 0.136. The number of rotatable bonds is 17. The van der Waals surface area contributed by atoms with E-state index in [2.05, 4.69) is 62.4 Å². The largest absolute Gasteiger partial charge is 0.494 e. The van der Waals surface area contributed by atoms with Crippen molar-refractivity contribution in [1.82, 2.24) is 0 Å². The lowest BCUT2D eigenvalue weighted by molar-refractivity contribution is 0.0690. The van der Waals surface area contributed by atoms with E-state index in [0.717, 1.165) is 38.0 Å². The molecule has 0 heterocycles. The van der Waals surface area contributed by atoms with Crippen LogP contribution in [0.5, 0.6) is 5.75 Å². The standard InChI is InChI=1S/C20H26O.C16H22O3/c1-2-3-4-5-6-10-17-21-20-15-13-19(14-16-20)18-11-8-7-9-12-18;1-3-4-5-6-9-12(2)15(17)13-10-7-8-11-14(13)16(18)19/h7-9,11-16H,2-6,10,17H2,1H3;7-8,10-12H,3-6,9H2,1-2H3,(H,18,19). The van der Waals surface area contributed by atoms with E-state index < -0.39 is 5.97 Å². The first-order valence-corrected chi connectivity index (χ1v) is 15.1. The van der Waals surface area contributed by atoms with Crippen molar-refractivity contribution in [3.8, 4) is 16.9 Å². The summed E-state index contributed by atoms with van der Waals surface area (Å²) in [6.45, 7) is 7.11. The molecule has 0 aliphatic rings. The Balaban J connectivity index is 0.000000282. The van der Waals surface area contributed by atoms with Crippen molar-refractivity contribution < 1.29 is 19.4 Å². The van der Waals surface area contributed by atoms with E-state index in [1.54, 1.807) is 18.2 Å². The van der Waals surface area contributed by atoms with E-state index in [4.69, 9.17) is 9.84 Å². The van der Waals surface area contributed by atoms with E-state index >= 15 is 0 Å². The number of unbranched alkanes of at least 4 members (excludes halogenated alkanes) is 8. The third-order valence-electron chi connectivity index (χ3n) is 7.09. The summed E-state index contributed by atoms with van der Waals surface area (Å²) < 4.78 is 5.80. The van der Waals surface area contributed by atoms with Gasteiger partial charge in [-0.2, -0.15) is 0 Å². The van der Waals surface area contributed by atoms with Crippen LogP contribution >= 0.6 is 0 Å². The monoisotopic (exact) mass is 544 g/mol. The van der Waals surface area contributed by atoms with Crippen LogP contribution in [-0.4, -0.2) is 23.5 Å². The van der Waals surface area contributed by atoms with Crippen LogP contribution in [0, 0.1) is 5.92 Å². The fourth-order valence-corrected chi connectivity index (χ4v) is 4.60. The molecule has 40 heavy (non-hydrogen) atoms. The molecule has 0 aliphatic carbocycles. The normalized spacial score (nSPS) is 11.3. The van der Waals surface area contributed by atoms with Crippen molar-refractivity contribution in [2.45, 2.75) is 91.4 Å². The minimum absolute atomic E-state index is 0.0606. The average Bonchev–Trinajstić information content (AvgIpc) is 2.99. The number of carboxylic acids is 1. The number of hydrogen-bond acceptors (Lipinski definition) is 3. The van der Waals surface area contributed by atoms with Crippen LogP contribution in [0.2, 0.25) is 0 Å². The molecule has 216 valence electrons. The lowest BCUT2D eigenvalue weighted by Crippen LogP contribution is -2.15. The maximum absolute atomic E-state index is 12.3. The zero-order valence-corrected chi connectivity index (χ0v) is 24.7. The fourth-order valence-electron chi connectivity index (χ4n) is 4.60. The maximum atomic E-state index is 12.3. The molecule has 0 fully saturated rings. The molecule has 0 amide bonds. The predicted octanol–water partition coefficient (Wildman–Crippen LogP) is 10.3. The van der Waals surface area contributed by atoms with Gasteiger partial charge in [0.25, 0.3) is 0 Å². The van der Waals surface area contributed by atoms with Crippen LogP contribution in [0.3, 0.4) is 0 Å². The van der Waals surface area contributed by atoms with Gasteiger partial charge in [-0.25, -0.2) is 4.79 Å². The molecule has 3 aromatic rings. The highest BCUT2D eigenvalue weighted by atomic mass is 16.5. The number of carboxylic acid groups (broad SMARTS) is 1. The summed E-state index contributed by atoms with van der Waals surface area (Å²) in [5.41, 5.74) is 2.92. The van der Waals surface area contributed by atoms with E-state index in [-0.39, 0.29) is 17.3 Å². The predicted molar refractivity (Wildman–Crippen MR) is 166 cm³/mol. The number of aromatic carboxylic acids is 1. The lowest BCUT2D eigenvalue weighted by atomic mass is 9.91. The molecule has 0 spiro atoms. The SMILES string of the molecule is CCCCCCC(C)C(=O)c1ccccc1C(=O)O.CCCCCCCCOc1ccc(-c2ccccc2)cc1. The van der Waals surface area contributed by atoms with Gasteiger partial charge in [0.15, 0.2) is 5.78 Å². The van der Waals surface area contributed by atoms with Crippen LogP contribution < -0.4 is 4.74 Å². The second-order valence-corrected chi connectivity index (χ2v) is 10.5.